The summed E-state index contributed by atoms with van der Waals surface area (Å²) in [6.45, 7) is 9.91. The van der Waals surface area contributed by atoms with Gasteiger partial charge in [0.1, 0.15) is 27.6 Å². The zero-order valence-corrected chi connectivity index (χ0v) is 40.7. The molecule has 11 aromatic rings. The van der Waals surface area contributed by atoms with E-state index in [-0.39, 0.29) is 0 Å². The molecule has 12 rings (SSSR count). The minimum atomic E-state index is -3.34. The Morgan fingerprint density at radius 2 is 1.04 bits per heavy atom. The lowest BCUT2D eigenvalue weighted by Gasteiger charge is -2.56. The van der Waals surface area contributed by atoms with Crippen molar-refractivity contribution in [2.24, 2.45) is 0 Å². The number of benzene rings is 7. The summed E-state index contributed by atoms with van der Waals surface area (Å²) in [6, 6.07) is 64.3. The average molecular weight is 918 g/mol. The molecule has 7 aromatic carbocycles. The summed E-state index contributed by atoms with van der Waals surface area (Å²) >= 11 is 0. The Hall–Kier alpha value is -7.58. The lowest BCUT2D eigenvalue weighted by Crippen LogP contribution is -2.78. The highest BCUT2D eigenvalue weighted by atomic mass is 28.4. The predicted octanol–water partition coefficient (Wildman–Crippen LogP) is 8.09. The number of fused-ring (bicyclic) bond motifs is 7. The van der Waals surface area contributed by atoms with Crippen molar-refractivity contribution >= 4 is 83.4 Å². The SMILES string of the molecule is C[Si](C)(c1cnccn1)C1([Si](C)(C)c2cnccn2)c2ccccc2Oc2c1cccc2[Si](c1ccccc1)(c1ccccc1)c1cccc(-n2c3ccccc3n3c4ccccc4nc23)c1. The molecule has 8 nitrogen and oxygen atoms in total. The average Bonchev–Trinajstić information content (AvgIpc) is 3.92. The predicted molar refractivity (Wildman–Crippen MR) is 279 cm³/mol. The standard InChI is InChI=1S/C56H47N7OSi3/c1-65(2,52-38-57-33-35-59-52)56(66(3,4)53-39-58-34-36-60-53)44-25-11-16-31-50(44)64-54-45(56)26-18-32-51(54)67(41-20-7-5-8-21-41,42-22-9-6-10-23-42)43-24-17-19-40(37-43)62-48-29-14-15-30-49(48)63-47-28-13-12-27-46(47)61-55(62)63/h5-39H,1-4H3. The Balaban J connectivity index is 1.22. The summed E-state index contributed by atoms with van der Waals surface area (Å²) in [6.07, 6.45) is 11.3. The molecule has 0 saturated heterocycles. The number of imidazole rings is 2. The van der Waals surface area contributed by atoms with Crippen LogP contribution in [-0.2, 0) is 4.66 Å². The van der Waals surface area contributed by atoms with Crippen LogP contribution in [0.4, 0.5) is 0 Å². The van der Waals surface area contributed by atoms with Gasteiger partial charge in [-0.25, -0.2) is 4.98 Å². The maximum Gasteiger partial charge on any atom is 0.220 e. The van der Waals surface area contributed by atoms with E-state index in [1.165, 1.54) is 31.9 Å². The number of aromatic nitrogens is 7. The molecule has 4 aromatic heterocycles. The lowest BCUT2D eigenvalue weighted by atomic mass is 9.98. The first-order valence-corrected chi connectivity index (χ1v) is 30.8. The minimum Gasteiger partial charge on any atom is -0.457 e. The molecule has 5 heterocycles. The number of ether oxygens (including phenoxy) is 1. The highest BCUT2D eigenvalue weighted by Crippen LogP contribution is 2.56. The van der Waals surface area contributed by atoms with Gasteiger partial charge in [0.2, 0.25) is 5.78 Å². The molecule has 0 radical (unpaired) electrons. The van der Waals surface area contributed by atoms with E-state index in [1.54, 1.807) is 12.4 Å². The van der Waals surface area contributed by atoms with Gasteiger partial charge in [0, 0.05) is 69.3 Å². The van der Waals surface area contributed by atoms with Crippen LogP contribution in [0.15, 0.2) is 213 Å². The van der Waals surface area contributed by atoms with E-state index in [1.807, 2.05) is 24.8 Å². The molecule has 0 bridgehead atoms. The van der Waals surface area contributed by atoms with Gasteiger partial charge in [-0.2, -0.15) is 0 Å². The second-order valence-corrected chi connectivity index (χ2v) is 31.8. The van der Waals surface area contributed by atoms with Crippen LogP contribution in [0, 0.1) is 0 Å². The van der Waals surface area contributed by atoms with E-state index in [2.05, 4.69) is 211 Å². The van der Waals surface area contributed by atoms with Crippen LogP contribution >= 0.6 is 0 Å². The zero-order chi connectivity index (χ0) is 45.4. The van der Waals surface area contributed by atoms with Crippen molar-refractivity contribution in [1.29, 1.82) is 0 Å². The normalized spacial score (nSPS) is 13.6. The molecule has 1 aliphatic rings. The smallest absolute Gasteiger partial charge is 0.220 e. The summed E-state index contributed by atoms with van der Waals surface area (Å²) in [5.41, 5.74) is 7.64. The maximum atomic E-state index is 7.64. The molecule has 324 valence electrons. The second kappa shape index (κ2) is 15.5. The van der Waals surface area contributed by atoms with Gasteiger partial charge in [0.25, 0.3) is 0 Å². The van der Waals surface area contributed by atoms with E-state index in [0.717, 1.165) is 55.7 Å². The van der Waals surface area contributed by atoms with Gasteiger partial charge < -0.3 is 4.74 Å². The summed E-state index contributed by atoms with van der Waals surface area (Å²) in [5.74, 6) is 2.65. The monoisotopic (exact) mass is 917 g/mol. The van der Waals surface area contributed by atoms with Crippen LogP contribution in [0.1, 0.15) is 11.1 Å². The van der Waals surface area contributed by atoms with E-state index in [4.69, 9.17) is 29.7 Å². The number of nitrogens with zero attached hydrogens (tertiary/aromatic N) is 7. The summed E-state index contributed by atoms with van der Waals surface area (Å²) in [5, 5.41) is 6.99. The second-order valence-electron chi connectivity index (χ2n) is 18.6. The Labute approximate surface area is 392 Å². The first kappa shape index (κ1) is 40.9. The fourth-order valence-electron chi connectivity index (χ4n) is 11.9. The quantitative estimate of drug-likeness (QED) is 0.108. The number of hydrogen-bond donors (Lipinski definition) is 0. The van der Waals surface area contributed by atoms with Gasteiger partial charge in [0.15, 0.2) is 8.07 Å². The van der Waals surface area contributed by atoms with Crippen LogP contribution in [-0.4, -0.2) is 58.1 Å². The molecule has 0 N–H and O–H groups in total. The number of para-hydroxylation sites is 6. The van der Waals surface area contributed by atoms with Crippen LogP contribution in [0.25, 0.3) is 33.5 Å². The van der Waals surface area contributed by atoms with Crippen molar-refractivity contribution in [3.8, 4) is 17.2 Å². The van der Waals surface area contributed by atoms with Gasteiger partial charge in [-0.05, 0) is 63.2 Å². The van der Waals surface area contributed by atoms with Crippen molar-refractivity contribution in [2.75, 3.05) is 0 Å². The van der Waals surface area contributed by atoms with Gasteiger partial charge in [-0.15, -0.1) is 0 Å². The topological polar surface area (TPSA) is 83.0 Å². The molecule has 0 spiro atoms. The Kier molecular flexibility index (Phi) is 9.47. The first-order valence-electron chi connectivity index (χ1n) is 22.8. The summed E-state index contributed by atoms with van der Waals surface area (Å²) < 4.78 is 11.7. The summed E-state index contributed by atoms with van der Waals surface area (Å²) in [7, 11) is -9.02. The maximum absolute atomic E-state index is 7.64. The third kappa shape index (κ3) is 5.78. The number of rotatable bonds is 9. The zero-order valence-electron chi connectivity index (χ0n) is 37.7. The fraction of sp³-hybridized carbons (Fsp3) is 0.0893. The molecule has 0 aliphatic carbocycles. The molecule has 0 atom stereocenters. The Bertz CT molecular complexity index is 3540. The van der Waals surface area contributed by atoms with Crippen LogP contribution in [0.5, 0.6) is 11.5 Å². The van der Waals surface area contributed by atoms with Crippen LogP contribution in [0.2, 0.25) is 26.2 Å². The van der Waals surface area contributed by atoms with Crippen molar-refractivity contribution in [1.82, 2.24) is 33.9 Å². The first-order chi connectivity index (χ1) is 32.8. The van der Waals surface area contributed by atoms with Gasteiger partial charge >= 0.3 is 0 Å². The minimum absolute atomic E-state index is 0.569. The van der Waals surface area contributed by atoms with Gasteiger partial charge in [-0.3, -0.25) is 28.9 Å². The van der Waals surface area contributed by atoms with E-state index in [0.29, 0.717) is 0 Å². The van der Waals surface area contributed by atoms with Crippen molar-refractivity contribution in [3.05, 3.63) is 224 Å². The molecular formula is C56H47N7OSi3. The lowest BCUT2D eigenvalue weighted by molar-refractivity contribution is 0.453. The largest absolute Gasteiger partial charge is 0.457 e. The van der Waals surface area contributed by atoms with Crippen molar-refractivity contribution < 1.29 is 4.74 Å². The fourth-order valence-corrected chi connectivity index (χ4v) is 29.7. The van der Waals surface area contributed by atoms with Gasteiger partial charge in [0.05, 0.1) is 22.1 Å². The molecule has 67 heavy (non-hydrogen) atoms. The highest BCUT2D eigenvalue weighted by molar-refractivity contribution is 7.20. The molecular weight excluding hydrogens is 871 g/mol. The molecule has 0 saturated carbocycles. The molecule has 0 fully saturated rings. The third-order valence-corrected chi connectivity index (χ3v) is 31.1. The van der Waals surface area contributed by atoms with E-state index < -0.39 is 28.9 Å². The van der Waals surface area contributed by atoms with Gasteiger partial charge in [-0.1, -0.05) is 160 Å². The molecule has 11 heteroatoms. The van der Waals surface area contributed by atoms with Crippen molar-refractivity contribution in [3.63, 3.8) is 0 Å². The van der Waals surface area contributed by atoms with Crippen LogP contribution < -0.4 is 36.1 Å². The Morgan fingerprint density at radius 1 is 0.493 bits per heavy atom. The molecule has 0 amide bonds. The molecule has 1 aliphatic heterocycles. The van der Waals surface area contributed by atoms with E-state index in [9.17, 15) is 0 Å². The summed E-state index contributed by atoms with van der Waals surface area (Å²) in [4.78, 5) is 25.1. The third-order valence-electron chi connectivity index (χ3n) is 14.7. The Morgan fingerprint density at radius 3 is 1.70 bits per heavy atom. The number of hydrogen-bond acceptors (Lipinski definition) is 6. The van der Waals surface area contributed by atoms with Crippen molar-refractivity contribution in [2.45, 2.75) is 30.8 Å². The molecule has 0 unspecified atom stereocenters. The highest BCUT2D eigenvalue weighted by Gasteiger charge is 2.65. The van der Waals surface area contributed by atoms with Crippen LogP contribution in [0.3, 0.4) is 0 Å². The van der Waals surface area contributed by atoms with E-state index >= 15 is 0 Å².